The summed E-state index contributed by atoms with van der Waals surface area (Å²) in [5.41, 5.74) is 0.0388. The number of hydrogen-bond acceptors (Lipinski definition) is 4. The summed E-state index contributed by atoms with van der Waals surface area (Å²) < 4.78 is 0. The van der Waals surface area contributed by atoms with E-state index in [4.69, 9.17) is 0 Å². The fourth-order valence-corrected chi connectivity index (χ4v) is 4.57. The van der Waals surface area contributed by atoms with Crippen LogP contribution >= 0.6 is 0 Å². The molecular weight excluding hydrogens is 204 g/mol. The van der Waals surface area contributed by atoms with E-state index in [2.05, 4.69) is 22.3 Å². The average Bonchev–Trinajstić information content (AvgIpc) is 2.30. The molecule has 6 atom stereocenters. The zero-order chi connectivity index (χ0) is 10.9. The van der Waals surface area contributed by atoms with E-state index in [1.165, 1.54) is 0 Å². The monoisotopic (exact) mass is 220 g/mol. The van der Waals surface area contributed by atoms with Crippen molar-refractivity contribution in [3.63, 3.8) is 0 Å². The quantitative estimate of drug-likeness (QED) is 0.455. The topological polar surface area (TPSA) is 63.1 Å². The predicted molar refractivity (Wildman–Crippen MR) is 56.1 cm³/mol. The summed E-state index contributed by atoms with van der Waals surface area (Å²) >= 11 is 0. The van der Waals surface area contributed by atoms with Crippen molar-refractivity contribution in [2.45, 2.75) is 56.8 Å². The minimum absolute atomic E-state index is 0.0388. The van der Waals surface area contributed by atoms with Crippen molar-refractivity contribution >= 4 is 0 Å². The number of azo groups is 2. The third-order valence-corrected chi connectivity index (χ3v) is 5.34. The molecule has 4 bridgehead atoms. The lowest BCUT2D eigenvalue weighted by Gasteiger charge is -2.57. The molecule has 0 spiro atoms. The molecule has 0 aromatic carbocycles. The molecule has 0 N–H and O–H groups in total. The first-order valence-corrected chi connectivity index (χ1v) is 6.28. The van der Waals surface area contributed by atoms with Gasteiger partial charge in [-0.05, 0) is 24.4 Å². The van der Waals surface area contributed by atoms with Gasteiger partial charge in [0.25, 0.3) is 0 Å². The van der Waals surface area contributed by atoms with Gasteiger partial charge in [0, 0.05) is 12.3 Å². The van der Waals surface area contributed by atoms with E-state index in [-0.39, 0.29) is 23.5 Å². The molecular formula is C11H16N4O. The van der Waals surface area contributed by atoms with Crippen LogP contribution in [0.15, 0.2) is 15.3 Å². The van der Waals surface area contributed by atoms with Gasteiger partial charge in [-0.2, -0.15) is 10.2 Å². The molecule has 16 heavy (non-hydrogen) atoms. The minimum Gasteiger partial charge on any atom is -0.600 e. The first-order chi connectivity index (χ1) is 7.71. The third-order valence-electron chi connectivity index (χ3n) is 5.34. The van der Waals surface area contributed by atoms with Crippen molar-refractivity contribution in [1.82, 2.24) is 0 Å². The summed E-state index contributed by atoms with van der Waals surface area (Å²) in [6.07, 6.45) is 4.32. The van der Waals surface area contributed by atoms with Crippen LogP contribution in [0.3, 0.4) is 0 Å². The zero-order valence-corrected chi connectivity index (χ0v) is 9.41. The maximum absolute atomic E-state index is 11.9. The van der Waals surface area contributed by atoms with Crippen LogP contribution in [-0.2, 0) is 0 Å². The van der Waals surface area contributed by atoms with E-state index in [9.17, 15) is 5.21 Å². The molecule has 0 amide bonds. The highest BCUT2D eigenvalue weighted by atomic mass is 16.5. The van der Waals surface area contributed by atoms with Crippen molar-refractivity contribution in [1.29, 1.82) is 0 Å². The molecule has 2 fully saturated rings. The van der Waals surface area contributed by atoms with Crippen molar-refractivity contribution < 1.29 is 4.86 Å². The van der Waals surface area contributed by atoms with E-state index in [1.807, 2.05) is 0 Å². The molecule has 86 valence electrons. The maximum atomic E-state index is 11.9. The Morgan fingerprint density at radius 3 is 2.62 bits per heavy atom. The Kier molecular flexibility index (Phi) is 1.49. The third kappa shape index (κ3) is 0.812. The molecule has 6 aliphatic rings. The number of nitrogens with zero attached hydrogens (tertiary/aromatic N) is 4. The van der Waals surface area contributed by atoms with Gasteiger partial charge in [0.05, 0.1) is 17.5 Å². The van der Waals surface area contributed by atoms with Gasteiger partial charge < -0.3 is 5.21 Å². The molecule has 2 aliphatic carbocycles. The van der Waals surface area contributed by atoms with E-state index < -0.39 is 0 Å². The second-order valence-electron chi connectivity index (χ2n) is 5.86. The molecule has 0 radical (unpaired) electrons. The summed E-state index contributed by atoms with van der Waals surface area (Å²) in [6.45, 7) is 2.25. The molecule has 4 heterocycles. The van der Waals surface area contributed by atoms with Crippen molar-refractivity contribution in [2.24, 2.45) is 26.7 Å². The lowest BCUT2D eigenvalue weighted by Crippen LogP contribution is -2.66. The normalized spacial score (nSPS) is 57.3. The fourth-order valence-electron chi connectivity index (χ4n) is 4.57. The number of hydrogen-bond donors (Lipinski definition) is 0. The van der Waals surface area contributed by atoms with Crippen LogP contribution < -0.4 is 0 Å². The Labute approximate surface area is 94.2 Å². The van der Waals surface area contributed by atoms with Crippen LogP contribution in [0, 0.1) is 16.5 Å². The number of rotatable bonds is 0. The Balaban J connectivity index is 1.90. The second-order valence-corrected chi connectivity index (χ2v) is 5.86. The summed E-state index contributed by atoms with van der Waals surface area (Å²) in [5, 5.41) is 25.0. The Hall–Kier alpha value is -1.00. The maximum Gasteiger partial charge on any atom is 0.197 e. The van der Waals surface area contributed by atoms with Gasteiger partial charge in [0.15, 0.2) is 6.04 Å². The Morgan fingerprint density at radius 1 is 1.12 bits per heavy atom. The lowest BCUT2D eigenvalue weighted by atomic mass is 9.52. The minimum atomic E-state index is 0.0388. The van der Waals surface area contributed by atoms with Crippen LogP contribution in [0.2, 0.25) is 0 Å². The molecule has 4 aliphatic heterocycles. The highest BCUT2D eigenvalue weighted by molar-refractivity contribution is 5.14. The lowest BCUT2D eigenvalue weighted by molar-refractivity contribution is -0.616. The zero-order valence-electron chi connectivity index (χ0n) is 9.41. The van der Waals surface area contributed by atoms with Gasteiger partial charge in [-0.25, -0.2) is 0 Å². The first-order valence-electron chi connectivity index (χ1n) is 6.28. The van der Waals surface area contributed by atoms with Crippen LogP contribution in [-0.4, -0.2) is 29.0 Å². The van der Waals surface area contributed by atoms with Gasteiger partial charge >= 0.3 is 0 Å². The standard InChI is InChI=1S/C11H16N4O/c1-11-8-4-2-6(12-13-8)10(11)7-3-5-9(11)15(16)14-7/h6-10H,2-5H2,1H3/t6?,7?,8-,9+,10?,11+/m0/s1. The van der Waals surface area contributed by atoms with Crippen LogP contribution in [0.5, 0.6) is 0 Å². The molecule has 6 rings (SSSR count). The second kappa shape index (κ2) is 2.63. The highest BCUT2D eigenvalue weighted by Gasteiger charge is 2.66. The summed E-state index contributed by atoms with van der Waals surface area (Å²) in [5.74, 6) is 0.479. The first kappa shape index (κ1) is 9.07. The predicted octanol–water partition coefficient (Wildman–Crippen LogP) is 2.11. The van der Waals surface area contributed by atoms with Crippen molar-refractivity contribution in [3.8, 4) is 0 Å². The summed E-state index contributed by atoms with van der Waals surface area (Å²) in [4.78, 5) is 0.987. The Bertz CT molecular complexity index is 407. The number of hydroxylamine groups is 1. The van der Waals surface area contributed by atoms with E-state index >= 15 is 0 Å². The van der Waals surface area contributed by atoms with Gasteiger partial charge in [-0.1, -0.05) is 11.8 Å². The SMILES string of the molecule is C[C@@]12C(C3CC[C@@H]1N=N3)C1CC[C@H]2[N+]([O-])=N1. The summed E-state index contributed by atoms with van der Waals surface area (Å²) in [7, 11) is 0. The van der Waals surface area contributed by atoms with E-state index in [0.717, 1.165) is 30.5 Å². The van der Waals surface area contributed by atoms with Gasteiger partial charge in [-0.3, -0.25) is 0 Å². The van der Waals surface area contributed by atoms with Crippen LogP contribution in [0.1, 0.15) is 32.6 Å². The Morgan fingerprint density at radius 2 is 1.94 bits per heavy atom. The largest absolute Gasteiger partial charge is 0.600 e. The smallest absolute Gasteiger partial charge is 0.197 e. The fraction of sp³-hybridized carbons (Fsp3) is 1.00. The van der Waals surface area contributed by atoms with E-state index in [1.54, 1.807) is 0 Å². The molecule has 2 saturated carbocycles. The molecule has 5 nitrogen and oxygen atoms in total. The van der Waals surface area contributed by atoms with Crippen molar-refractivity contribution in [3.05, 3.63) is 5.21 Å². The van der Waals surface area contributed by atoms with Crippen molar-refractivity contribution in [2.75, 3.05) is 0 Å². The molecule has 0 aromatic rings. The molecule has 0 aromatic heterocycles. The molecule has 3 unspecified atom stereocenters. The van der Waals surface area contributed by atoms with Gasteiger partial charge in [-0.15, -0.1) is 0 Å². The highest BCUT2D eigenvalue weighted by Crippen LogP contribution is 2.58. The van der Waals surface area contributed by atoms with Crippen LogP contribution in [0.4, 0.5) is 0 Å². The molecule has 0 saturated heterocycles. The number of fused-ring (bicyclic) bond motifs is 2. The molecule has 5 heteroatoms. The summed E-state index contributed by atoms with van der Waals surface area (Å²) in [6, 6.07) is 0.858. The van der Waals surface area contributed by atoms with Gasteiger partial charge in [0.1, 0.15) is 6.04 Å². The van der Waals surface area contributed by atoms with Gasteiger partial charge in [0.2, 0.25) is 0 Å². The average molecular weight is 220 g/mol. The van der Waals surface area contributed by atoms with E-state index in [0.29, 0.717) is 12.0 Å². The van der Waals surface area contributed by atoms with Crippen LogP contribution in [0.25, 0.3) is 0 Å².